The standard InChI is InChI=1S/C11H8BrClF2N2/c12-8-3-1-2-4-9(8)17-10(11(14)15)7(5-13)6-16-17/h1-4,6,11H,5H2. The summed E-state index contributed by atoms with van der Waals surface area (Å²) in [6, 6.07) is 7.05. The fourth-order valence-corrected chi connectivity index (χ4v) is 2.20. The molecular weight excluding hydrogens is 313 g/mol. The zero-order valence-corrected chi connectivity index (χ0v) is 10.9. The van der Waals surface area contributed by atoms with Crippen LogP contribution in [0, 0.1) is 0 Å². The Morgan fingerprint density at radius 3 is 2.65 bits per heavy atom. The summed E-state index contributed by atoms with van der Waals surface area (Å²) >= 11 is 8.93. The summed E-state index contributed by atoms with van der Waals surface area (Å²) in [5.41, 5.74) is 0.753. The lowest BCUT2D eigenvalue weighted by Gasteiger charge is -2.09. The van der Waals surface area contributed by atoms with Gasteiger partial charge in [0.2, 0.25) is 0 Å². The normalized spacial score (nSPS) is 11.1. The molecule has 0 unspecified atom stereocenters. The van der Waals surface area contributed by atoms with E-state index in [-0.39, 0.29) is 11.6 Å². The number of hydrogen-bond donors (Lipinski definition) is 0. The van der Waals surface area contributed by atoms with E-state index in [4.69, 9.17) is 11.6 Å². The smallest absolute Gasteiger partial charge is 0.231 e. The average Bonchev–Trinajstić information content (AvgIpc) is 2.73. The molecule has 0 fully saturated rings. The summed E-state index contributed by atoms with van der Waals surface area (Å²) in [4.78, 5) is 0. The lowest BCUT2D eigenvalue weighted by Crippen LogP contribution is -2.04. The molecule has 0 saturated heterocycles. The van der Waals surface area contributed by atoms with Gasteiger partial charge in [0.1, 0.15) is 5.69 Å². The largest absolute Gasteiger partial charge is 0.280 e. The first kappa shape index (κ1) is 12.5. The zero-order chi connectivity index (χ0) is 12.4. The van der Waals surface area contributed by atoms with Crippen LogP contribution in [-0.4, -0.2) is 9.78 Å². The van der Waals surface area contributed by atoms with Crippen LogP contribution < -0.4 is 0 Å². The fraction of sp³-hybridized carbons (Fsp3) is 0.182. The van der Waals surface area contributed by atoms with E-state index in [1.54, 1.807) is 18.2 Å². The van der Waals surface area contributed by atoms with Crippen molar-refractivity contribution in [3.05, 3.63) is 46.2 Å². The van der Waals surface area contributed by atoms with Crippen LogP contribution in [0.1, 0.15) is 17.7 Å². The number of rotatable bonds is 3. The molecule has 0 spiro atoms. The molecule has 1 aromatic heterocycles. The molecule has 0 N–H and O–H groups in total. The van der Waals surface area contributed by atoms with E-state index in [1.807, 2.05) is 6.07 Å². The quantitative estimate of drug-likeness (QED) is 0.770. The number of halogens is 4. The summed E-state index contributed by atoms with van der Waals surface area (Å²) < 4.78 is 27.9. The van der Waals surface area contributed by atoms with E-state index >= 15 is 0 Å². The van der Waals surface area contributed by atoms with E-state index in [1.165, 1.54) is 10.9 Å². The van der Waals surface area contributed by atoms with E-state index in [0.717, 1.165) is 0 Å². The van der Waals surface area contributed by atoms with Crippen molar-refractivity contribution in [1.82, 2.24) is 9.78 Å². The molecule has 0 bridgehead atoms. The monoisotopic (exact) mass is 320 g/mol. The van der Waals surface area contributed by atoms with Gasteiger partial charge in [-0.15, -0.1) is 11.6 Å². The maximum absolute atomic E-state index is 13.0. The highest BCUT2D eigenvalue weighted by molar-refractivity contribution is 9.10. The minimum Gasteiger partial charge on any atom is -0.231 e. The molecular formula is C11H8BrClF2N2. The Hall–Kier alpha value is -0.940. The molecule has 0 aliphatic carbocycles. The van der Waals surface area contributed by atoms with E-state index in [2.05, 4.69) is 21.0 Å². The van der Waals surface area contributed by atoms with Gasteiger partial charge < -0.3 is 0 Å². The van der Waals surface area contributed by atoms with Gasteiger partial charge in [-0.1, -0.05) is 12.1 Å². The van der Waals surface area contributed by atoms with Gasteiger partial charge >= 0.3 is 0 Å². The predicted octanol–water partition coefficient (Wildman–Crippen LogP) is 4.31. The molecule has 0 amide bonds. The van der Waals surface area contributed by atoms with Gasteiger partial charge in [-0.2, -0.15) is 5.10 Å². The number of hydrogen-bond acceptors (Lipinski definition) is 1. The highest BCUT2D eigenvalue weighted by Gasteiger charge is 2.21. The molecule has 0 atom stereocenters. The van der Waals surface area contributed by atoms with E-state index < -0.39 is 6.43 Å². The molecule has 90 valence electrons. The molecule has 6 heteroatoms. The van der Waals surface area contributed by atoms with Crippen LogP contribution >= 0.6 is 27.5 Å². The Bertz CT molecular complexity index is 528. The van der Waals surface area contributed by atoms with Crippen LogP contribution in [-0.2, 0) is 5.88 Å². The van der Waals surface area contributed by atoms with Gasteiger partial charge in [0.15, 0.2) is 0 Å². The zero-order valence-electron chi connectivity index (χ0n) is 8.58. The molecule has 17 heavy (non-hydrogen) atoms. The summed E-state index contributed by atoms with van der Waals surface area (Å²) in [6.45, 7) is 0. The fourth-order valence-electron chi connectivity index (χ4n) is 1.54. The number of aromatic nitrogens is 2. The maximum atomic E-state index is 13.0. The first-order chi connectivity index (χ1) is 8.15. The van der Waals surface area contributed by atoms with Crippen LogP contribution in [0.15, 0.2) is 34.9 Å². The average molecular weight is 322 g/mol. The van der Waals surface area contributed by atoms with Gasteiger partial charge in [-0.05, 0) is 28.1 Å². The number of para-hydroxylation sites is 1. The number of benzene rings is 1. The van der Waals surface area contributed by atoms with Crippen molar-refractivity contribution in [1.29, 1.82) is 0 Å². The Balaban J connectivity index is 2.60. The molecule has 2 rings (SSSR count). The second-order valence-corrected chi connectivity index (χ2v) is 4.47. The van der Waals surface area contributed by atoms with Gasteiger partial charge in [0.25, 0.3) is 6.43 Å². The van der Waals surface area contributed by atoms with Crippen molar-refractivity contribution in [3.8, 4) is 5.69 Å². The second-order valence-electron chi connectivity index (χ2n) is 3.35. The summed E-state index contributed by atoms with van der Waals surface area (Å²) in [6.07, 6.45) is -1.24. The second kappa shape index (κ2) is 5.14. The maximum Gasteiger partial charge on any atom is 0.280 e. The van der Waals surface area contributed by atoms with Crippen molar-refractivity contribution >= 4 is 27.5 Å². The van der Waals surface area contributed by atoms with Crippen LogP contribution in [0.2, 0.25) is 0 Å². The lowest BCUT2D eigenvalue weighted by molar-refractivity contribution is 0.142. The molecule has 2 nitrogen and oxygen atoms in total. The minimum atomic E-state index is -2.61. The Morgan fingerprint density at radius 2 is 2.06 bits per heavy atom. The molecule has 0 aliphatic heterocycles. The summed E-state index contributed by atoms with van der Waals surface area (Å²) in [5, 5.41) is 3.96. The predicted molar refractivity (Wildman–Crippen MR) is 65.8 cm³/mol. The molecule has 1 aromatic carbocycles. The highest BCUT2D eigenvalue weighted by Crippen LogP contribution is 2.29. The highest BCUT2D eigenvalue weighted by atomic mass is 79.9. The molecule has 2 aromatic rings. The number of alkyl halides is 3. The lowest BCUT2D eigenvalue weighted by atomic mass is 10.2. The van der Waals surface area contributed by atoms with Crippen molar-refractivity contribution in [3.63, 3.8) is 0 Å². The topological polar surface area (TPSA) is 17.8 Å². The van der Waals surface area contributed by atoms with E-state index in [9.17, 15) is 8.78 Å². The third kappa shape index (κ3) is 2.35. The SMILES string of the molecule is FC(F)c1c(CCl)cnn1-c1ccccc1Br. The van der Waals surface area contributed by atoms with Gasteiger partial charge in [0, 0.05) is 10.0 Å². The first-order valence-corrected chi connectivity index (χ1v) is 6.13. The number of nitrogens with zero attached hydrogens (tertiary/aromatic N) is 2. The van der Waals surface area contributed by atoms with Crippen LogP contribution in [0.3, 0.4) is 0 Å². The van der Waals surface area contributed by atoms with Gasteiger partial charge in [-0.3, -0.25) is 0 Å². The Labute approximate surface area is 110 Å². The Morgan fingerprint density at radius 1 is 1.35 bits per heavy atom. The van der Waals surface area contributed by atoms with E-state index in [0.29, 0.717) is 15.7 Å². The van der Waals surface area contributed by atoms with Crippen molar-refractivity contribution in [2.45, 2.75) is 12.3 Å². The van der Waals surface area contributed by atoms with Crippen LogP contribution in [0.25, 0.3) is 5.69 Å². The van der Waals surface area contributed by atoms with Crippen molar-refractivity contribution < 1.29 is 8.78 Å². The molecule has 1 heterocycles. The molecule has 0 saturated carbocycles. The van der Waals surface area contributed by atoms with Crippen molar-refractivity contribution in [2.75, 3.05) is 0 Å². The Kier molecular flexibility index (Phi) is 3.79. The first-order valence-electron chi connectivity index (χ1n) is 4.81. The van der Waals surface area contributed by atoms with Gasteiger partial charge in [-0.25, -0.2) is 13.5 Å². The van der Waals surface area contributed by atoms with Crippen LogP contribution in [0.4, 0.5) is 8.78 Å². The minimum absolute atomic E-state index is 0.0180. The third-order valence-electron chi connectivity index (χ3n) is 2.32. The van der Waals surface area contributed by atoms with Crippen molar-refractivity contribution in [2.24, 2.45) is 0 Å². The molecule has 0 radical (unpaired) electrons. The summed E-state index contributed by atoms with van der Waals surface area (Å²) in [5.74, 6) is 0.0180. The molecule has 0 aliphatic rings. The third-order valence-corrected chi connectivity index (χ3v) is 3.28. The van der Waals surface area contributed by atoms with Gasteiger partial charge in [0.05, 0.1) is 17.8 Å². The summed E-state index contributed by atoms with van der Waals surface area (Å²) in [7, 11) is 0. The van der Waals surface area contributed by atoms with Crippen LogP contribution in [0.5, 0.6) is 0 Å².